The highest BCUT2D eigenvalue weighted by Gasteiger charge is 2.21. The van der Waals surface area contributed by atoms with Crippen molar-refractivity contribution in [2.45, 2.75) is 6.92 Å². The number of nitrogens with one attached hydrogen (secondary N) is 1. The lowest BCUT2D eigenvalue weighted by Gasteiger charge is -2.08. The standard InChI is InChI=1S/C11H11BrN4O2/c1-2-13-9-4-3-5-10(11(9)16(17)18)15-7-8(12)6-14-15/h3-7,13H,2H2,1H3. The van der Waals surface area contributed by atoms with E-state index in [0.29, 0.717) is 17.9 Å². The fourth-order valence-corrected chi connectivity index (χ4v) is 1.96. The largest absolute Gasteiger partial charge is 0.380 e. The third kappa shape index (κ3) is 2.35. The zero-order valence-corrected chi connectivity index (χ0v) is 11.2. The van der Waals surface area contributed by atoms with Gasteiger partial charge in [0.25, 0.3) is 0 Å². The van der Waals surface area contributed by atoms with Gasteiger partial charge in [0, 0.05) is 12.7 Å². The summed E-state index contributed by atoms with van der Waals surface area (Å²) < 4.78 is 2.24. The Hall–Kier alpha value is -1.89. The number of benzene rings is 1. The summed E-state index contributed by atoms with van der Waals surface area (Å²) in [7, 11) is 0. The fourth-order valence-electron chi connectivity index (χ4n) is 1.67. The van der Waals surface area contributed by atoms with Crippen LogP contribution >= 0.6 is 15.9 Å². The smallest absolute Gasteiger partial charge is 0.317 e. The molecule has 0 saturated heterocycles. The summed E-state index contributed by atoms with van der Waals surface area (Å²) in [6.45, 7) is 2.51. The van der Waals surface area contributed by atoms with Gasteiger partial charge in [-0.05, 0) is 35.0 Å². The second-order valence-electron chi connectivity index (χ2n) is 3.56. The van der Waals surface area contributed by atoms with E-state index < -0.39 is 4.92 Å². The van der Waals surface area contributed by atoms with Gasteiger partial charge in [-0.2, -0.15) is 5.10 Å². The van der Waals surface area contributed by atoms with Crippen LogP contribution in [-0.4, -0.2) is 21.2 Å². The summed E-state index contributed by atoms with van der Waals surface area (Å²) >= 11 is 3.27. The highest BCUT2D eigenvalue weighted by atomic mass is 79.9. The summed E-state index contributed by atoms with van der Waals surface area (Å²) in [5, 5.41) is 18.3. The van der Waals surface area contributed by atoms with Crippen molar-refractivity contribution in [2.24, 2.45) is 0 Å². The topological polar surface area (TPSA) is 73.0 Å². The second kappa shape index (κ2) is 5.18. The minimum absolute atomic E-state index is 0.0231. The van der Waals surface area contributed by atoms with Gasteiger partial charge >= 0.3 is 5.69 Å². The van der Waals surface area contributed by atoms with E-state index >= 15 is 0 Å². The molecule has 0 aliphatic rings. The molecule has 0 unspecified atom stereocenters. The van der Waals surface area contributed by atoms with Crippen LogP contribution in [0.5, 0.6) is 0 Å². The summed E-state index contributed by atoms with van der Waals surface area (Å²) in [6.07, 6.45) is 3.27. The van der Waals surface area contributed by atoms with Gasteiger partial charge in [0.15, 0.2) is 0 Å². The summed E-state index contributed by atoms with van der Waals surface area (Å²) in [5.41, 5.74) is 0.950. The maximum absolute atomic E-state index is 11.2. The second-order valence-corrected chi connectivity index (χ2v) is 4.48. The Labute approximate surface area is 112 Å². The first kappa shape index (κ1) is 12.6. The Morgan fingerprint density at radius 1 is 1.56 bits per heavy atom. The Kier molecular flexibility index (Phi) is 3.61. The fraction of sp³-hybridized carbons (Fsp3) is 0.182. The molecule has 7 heteroatoms. The van der Waals surface area contributed by atoms with Gasteiger partial charge in [0.1, 0.15) is 11.4 Å². The molecule has 94 valence electrons. The summed E-state index contributed by atoms with van der Waals surface area (Å²) in [6, 6.07) is 5.11. The molecule has 0 bridgehead atoms. The number of para-hydroxylation sites is 1. The van der Waals surface area contributed by atoms with Crippen LogP contribution in [0, 0.1) is 10.1 Å². The molecule has 0 atom stereocenters. The lowest BCUT2D eigenvalue weighted by atomic mass is 10.2. The zero-order valence-electron chi connectivity index (χ0n) is 9.63. The molecule has 0 aliphatic carbocycles. The SMILES string of the molecule is CCNc1cccc(-n2cc(Br)cn2)c1[N+](=O)[O-]. The third-order valence-corrected chi connectivity index (χ3v) is 2.77. The number of nitrogens with zero attached hydrogens (tertiary/aromatic N) is 3. The number of aromatic nitrogens is 2. The Bertz CT molecular complexity index is 582. The molecule has 1 heterocycles. The minimum Gasteiger partial charge on any atom is -0.380 e. The molecule has 6 nitrogen and oxygen atoms in total. The van der Waals surface area contributed by atoms with E-state index in [-0.39, 0.29) is 5.69 Å². The molecule has 0 fully saturated rings. The highest BCUT2D eigenvalue weighted by Crippen LogP contribution is 2.31. The molecule has 0 spiro atoms. The number of anilines is 1. The Balaban J connectivity index is 2.59. The van der Waals surface area contributed by atoms with Gasteiger partial charge < -0.3 is 5.32 Å². The molecule has 0 saturated carbocycles. The normalized spacial score (nSPS) is 10.3. The predicted octanol–water partition coefficient (Wildman–Crippen LogP) is 2.97. The lowest BCUT2D eigenvalue weighted by molar-refractivity contribution is -0.383. The number of hydrogen-bond donors (Lipinski definition) is 1. The van der Waals surface area contributed by atoms with Crippen LogP contribution in [0.15, 0.2) is 35.1 Å². The molecular formula is C11H11BrN4O2. The van der Waals surface area contributed by atoms with Gasteiger partial charge in [-0.3, -0.25) is 10.1 Å². The van der Waals surface area contributed by atoms with Crippen LogP contribution in [0.2, 0.25) is 0 Å². The van der Waals surface area contributed by atoms with Crippen LogP contribution in [0.1, 0.15) is 6.92 Å². The van der Waals surface area contributed by atoms with Crippen LogP contribution < -0.4 is 5.32 Å². The van der Waals surface area contributed by atoms with E-state index in [9.17, 15) is 10.1 Å². The number of halogens is 1. The van der Waals surface area contributed by atoms with Gasteiger partial charge in [0.2, 0.25) is 0 Å². The van der Waals surface area contributed by atoms with Crippen LogP contribution in [-0.2, 0) is 0 Å². The summed E-state index contributed by atoms with van der Waals surface area (Å²) in [5.74, 6) is 0. The molecule has 1 aromatic heterocycles. The van der Waals surface area contributed by atoms with Gasteiger partial charge in [-0.1, -0.05) is 6.07 Å². The van der Waals surface area contributed by atoms with E-state index in [0.717, 1.165) is 4.47 Å². The van der Waals surface area contributed by atoms with E-state index in [2.05, 4.69) is 26.3 Å². The van der Waals surface area contributed by atoms with Crippen molar-refractivity contribution in [3.63, 3.8) is 0 Å². The van der Waals surface area contributed by atoms with Gasteiger partial charge in [-0.15, -0.1) is 0 Å². The minimum atomic E-state index is -0.400. The number of nitro groups is 1. The summed E-state index contributed by atoms with van der Waals surface area (Å²) in [4.78, 5) is 10.8. The van der Waals surface area contributed by atoms with Crippen molar-refractivity contribution in [1.29, 1.82) is 0 Å². The molecule has 1 aromatic carbocycles. The first-order valence-corrected chi connectivity index (χ1v) is 6.14. The first-order chi connectivity index (χ1) is 8.63. The Morgan fingerprint density at radius 3 is 2.89 bits per heavy atom. The number of rotatable bonds is 4. The molecule has 0 amide bonds. The number of nitro benzene ring substituents is 1. The molecule has 0 aliphatic heterocycles. The van der Waals surface area contributed by atoms with Gasteiger partial charge in [0.05, 0.1) is 15.6 Å². The van der Waals surface area contributed by atoms with Crippen molar-refractivity contribution in [1.82, 2.24) is 9.78 Å². The van der Waals surface area contributed by atoms with E-state index in [1.807, 2.05) is 6.92 Å². The average Bonchev–Trinajstić information content (AvgIpc) is 2.75. The number of hydrogen-bond acceptors (Lipinski definition) is 4. The molecule has 0 radical (unpaired) electrons. The van der Waals surface area contributed by atoms with E-state index in [4.69, 9.17) is 0 Å². The maximum Gasteiger partial charge on any atom is 0.317 e. The van der Waals surface area contributed by atoms with Gasteiger partial charge in [-0.25, -0.2) is 4.68 Å². The Morgan fingerprint density at radius 2 is 2.33 bits per heavy atom. The molecule has 1 N–H and O–H groups in total. The zero-order chi connectivity index (χ0) is 13.1. The van der Waals surface area contributed by atoms with E-state index in [1.165, 1.54) is 4.68 Å². The van der Waals surface area contributed by atoms with Crippen molar-refractivity contribution in [2.75, 3.05) is 11.9 Å². The van der Waals surface area contributed by atoms with Crippen LogP contribution in [0.3, 0.4) is 0 Å². The third-order valence-electron chi connectivity index (χ3n) is 2.36. The van der Waals surface area contributed by atoms with E-state index in [1.54, 1.807) is 30.6 Å². The van der Waals surface area contributed by atoms with Crippen molar-refractivity contribution in [3.8, 4) is 5.69 Å². The molecular weight excluding hydrogens is 300 g/mol. The van der Waals surface area contributed by atoms with Crippen LogP contribution in [0.4, 0.5) is 11.4 Å². The molecule has 2 aromatic rings. The first-order valence-electron chi connectivity index (χ1n) is 5.35. The molecule has 2 rings (SSSR count). The van der Waals surface area contributed by atoms with Crippen LogP contribution in [0.25, 0.3) is 5.69 Å². The van der Waals surface area contributed by atoms with Crippen molar-refractivity contribution < 1.29 is 4.92 Å². The monoisotopic (exact) mass is 310 g/mol. The van der Waals surface area contributed by atoms with Crippen molar-refractivity contribution in [3.05, 3.63) is 45.2 Å². The predicted molar refractivity (Wildman–Crippen MR) is 72.1 cm³/mol. The maximum atomic E-state index is 11.2. The quantitative estimate of drug-likeness (QED) is 0.696. The lowest BCUT2D eigenvalue weighted by Crippen LogP contribution is -2.06. The highest BCUT2D eigenvalue weighted by molar-refractivity contribution is 9.10. The molecule has 18 heavy (non-hydrogen) atoms. The van der Waals surface area contributed by atoms with Crippen molar-refractivity contribution >= 4 is 27.3 Å². The average molecular weight is 311 g/mol.